The summed E-state index contributed by atoms with van der Waals surface area (Å²) in [5, 5.41) is 10.4. The maximum atomic E-state index is 9.45. The van der Waals surface area contributed by atoms with Crippen molar-refractivity contribution in [2.75, 3.05) is 5.73 Å². The van der Waals surface area contributed by atoms with E-state index in [1.54, 1.807) is 23.5 Å². The van der Waals surface area contributed by atoms with E-state index in [1.807, 2.05) is 24.3 Å². The van der Waals surface area contributed by atoms with Crippen molar-refractivity contribution >= 4 is 49.8 Å². The van der Waals surface area contributed by atoms with Crippen LogP contribution >= 0.6 is 33.9 Å². The van der Waals surface area contributed by atoms with E-state index in [-0.39, 0.29) is 5.75 Å². The molecule has 2 aromatic carbocycles. The van der Waals surface area contributed by atoms with Gasteiger partial charge in [-0.2, -0.15) is 0 Å². The van der Waals surface area contributed by atoms with E-state index in [9.17, 15) is 5.11 Å². The van der Waals surface area contributed by atoms with Crippen LogP contribution in [-0.4, -0.2) is 10.1 Å². The molecule has 5 heteroatoms. The monoisotopic (exact) mass is 366 g/mol. The van der Waals surface area contributed by atoms with Gasteiger partial charge < -0.3 is 10.8 Å². The molecule has 0 bridgehead atoms. The summed E-state index contributed by atoms with van der Waals surface area (Å²) in [4.78, 5) is 4.56. The van der Waals surface area contributed by atoms with Gasteiger partial charge in [0.1, 0.15) is 10.8 Å². The number of nitrogens with two attached hydrogens (primary N) is 1. The van der Waals surface area contributed by atoms with Crippen molar-refractivity contribution in [3.63, 3.8) is 0 Å². The molecule has 0 atom stereocenters. The zero-order valence-electron chi connectivity index (χ0n) is 9.22. The van der Waals surface area contributed by atoms with Crippen molar-refractivity contribution in [1.29, 1.82) is 0 Å². The number of rotatable bonds is 1. The number of nitrogen functional groups attached to an aromatic ring is 1. The third kappa shape index (κ3) is 2.04. The van der Waals surface area contributed by atoms with Crippen LogP contribution < -0.4 is 5.73 Å². The highest BCUT2D eigenvalue weighted by atomic mass is 125. The van der Waals surface area contributed by atoms with Gasteiger partial charge in [0.15, 0.2) is 0 Å². The fraction of sp³-hybridized carbons (Fsp3) is 0. The van der Waals surface area contributed by atoms with Gasteiger partial charge in [-0.15, -0.1) is 11.3 Å². The predicted molar refractivity (Wildman–Crippen MR) is 83.9 cm³/mol. The Hall–Kier alpha value is -1.34. The predicted octanol–water partition coefficient (Wildman–Crippen LogP) is 3.86. The Labute approximate surface area is 121 Å². The maximum absolute atomic E-state index is 9.45. The molecule has 3 rings (SSSR count). The number of phenols is 1. The van der Waals surface area contributed by atoms with Gasteiger partial charge in [0.2, 0.25) is 0 Å². The molecule has 0 unspecified atom stereocenters. The Morgan fingerprint density at radius 1 is 1.17 bits per heavy atom. The van der Waals surface area contributed by atoms with Crippen LogP contribution in [0.4, 0.5) is 5.69 Å². The van der Waals surface area contributed by atoms with Crippen LogP contribution in [0.25, 0.3) is 20.8 Å². The minimum Gasteiger partial charge on any atom is -0.508 e. The lowest BCUT2D eigenvalue weighted by molar-refractivity contribution is 0.476. The molecule has 3 N–H and O–H groups in total. The Balaban J connectivity index is 2.16. The van der Waals surface area contributed by atoms with Crippen molar-refractivity contribution in [2.45, 2.75) is 0 Å². The van der Waals surface area contributed by atoms with Gasteiger partial charge in [0, 0.05) is 14.8 Å². The Bertz CT molecular complexity index is 739. The van der Waals surface area contributed by atoms with E-state index in [1.165, 1.54) is 0 Å². The second-order valence-corrected chi connectivity index (χ2v) is 6.10. The largest absolute Gasteiger partial charge is 0.508 e. The first-order valence-corrected chi connectivity index (χ1v) is 7.18. The number of aromatic nitrogens is 1. The highest BCUT2D eigenvalue weighted by molar-refractivity contribution is 14.1. The highest BCUT2D eigenvalue weighted by Gasteiger charge is 2.08. The molecule has 0 aliphatic heterocycles. The van der Waals surface area contributed by atoms with Crippen LogP contribution in [0.5, 0.6) is 5.75 Å². The van der Waals surface area contributed by atoms with Crippen LogP contribution in [-0.2, 0) is 0 Å². The van der Waals surface area contributed by atoms with Gasteiger partial charge in [0.05, 0.1) is 10.2 Å². The molecular weight excluding hydrogens is 357 g/mol. The Morgan fingerprint density at radius 2 is 2.00 bits per heavy atom. The highest BCUT2D eigenvalue weighted by Crippen LogP contribution is 2.33. The smallest absolute Gasteiger partial charge is 0.124 e. The van der Waals surface area contributed by atoms with Crippen molar-refractivity contribution in [3.05, 3.63) is 40.0 Å². The molecule has 0 aliphatic carbocycles. The second kappa shape index (κ2) is 4.40. The molecule has 0 fully saturated rings. The molecule has 0 spiro atoms. The molecule has 1 heterocycles. The third-order valence-electron chi connectivity index (χ3n) is 2.62. The number of halogens is 1. The van der Waals surface area contributed by atoms with E-state index in [4.69, 9.17) is 5.73 Å². The second-order valence-electron chi connectivity index (χ2n) is 3.91. The summed E-state index contributed by atoms with van der Waals surface area (Å²) in [5.74, 6) is 0.268. The molecule has 1 aromatic heterocycles. The summed E-state index contributed by atoms with van der Waals surface area (Å²) in [6.45, 7) is 0. The van der Waals surface area contributed by atoms with E-state index in [2.05, 4.69) is 27.6 Å². The standard InChI is InChI=1S/C13H9IN2OS/c14-9-5-7(1-3-10(9)15)13-16-11-4-2-8(17)6-12(11)18-13/h1-6,17H,15H2/i14-2. The zero-order valence-corrected chi connectivity index (χ0v) is 12.2. The van der Waals surface area contributed by atoms with Crippen molar-refractivity contribution in [3.8, 4) is 16.3 Å². The number of benzene rings is 2. The Kier molecular flexibility index (Phi) is 2.87. The first kappa shape index (κ1) is 11.7. The van der Waals surface area contributed by atoms with E-state index in [0.717, 1.165) is 30.0 Å². The summed E-state index contributed by atoms with van der Waals surface area (Å²) >= 11 is 3.78. The average Bonchev–Trinajstić information content (AvgIpc) is 2.75. The summed E-state index contributed by atoms with van der Waals surface area (Å²) < 4.78 is 2.00. The molecular formula is C13H9IN2OS. The molecule has 0 radical (unpaired) electrons. The number of thiazole rings is 1. The molecule has 3 aromatic rings. The number of nitrogens with zero attached hydrogens (tertiary/aromatic N) is 1. The van der Waals surface area contributed by atoms with Crippen molar-refractivity contribution < 1.29 is 5.11 Å². The average molecular weight is 366 g/mol. The molecule has 90 valence electrons. The normalized spacial score (nSPS) is 10.9. The van der Waals surface area contributed by atoms with Gasteiger partial charge in [-0.1, -0.05) is 0 Å². The molecule has 18 heavy (non-hydrogen) atoms. The van der Waals surface area contributed by atoms with Crippen LogP contribution in [0.3, 0.4) is 0 Å². The van der Waals surface area contributed by atoms with Crippen molar-refractivity contribution in [2.24, 2.45) is 0 Å². The first-order chi connectivity index (χ1) is 8.63. The summed E-state index contributed by atoms with van der Waals surface area (Å²) in [5.41, 5.74) is 8.53. The number of hydrogen-bond donors (Lipinski definition) is 2. The number of phenolic OH excluding ortho intramolecular Hbond substituents is 1. The fourth-order valence-corrected chi connectivity index (χ4v) is 3.21. The van der Waals surface area contributed by atoms with E-state index < -0.39 is 0 Å². The topological polar surface area (TPSA) is 59.1 Å². The number of aromatic hydroxyl groups is 1. The van der Waals surface area contributed by atoms with E-state index in [0.29, 0.717) is 0 Å². The first-order valence-electron chi connectivity index (χ1n) is 5.28. The minimum atomic E-state index is 0.268. The van der Waals surface area contributed by atoms with E-state index >= 15 is 0 Å². The maximum Gasteiger partial charge on any atom is 0.124 e. The zero-order chi connectivity index (χ0) is 12.7. The lowest BCUT2D eigenvalue weighted by Crippen LogP contribution is -1.88. The third-order valence-corrected chi connectivity index (χ3v) is 4.62. The summed E-state index contributed by atoms with van der Waals surface area (Å²) in [6, 6.07) is 11.1. The lowest BCUT2D eigenvalue weighted by atomic mass is 10.2. The summed E-state index contributed by atoms with van der Waals surface area (Å²) in [6.07, 6.45) is 0. The molecule has 0 saturated carbocycles. The van der Waals surface area contributed by atoms with Gasteiger partial charge in [-0.05, 0) is 59.0 Å². The fourth-order valence-electron chi connectivity index (χ4n) is 1.70. The van der Waals surface area contributed by atoms with Crippen molar-refractivity contribution in [1.82, 2.24) is 4.98 Å². The van der Waals surface area contributed by atoms with Gasteiger partial charge in [-0.25, -0.2) is 4.98 Å². The van der Waals surface area contributed by atoms with Crippen LogP contribution in [0, 0.1) is 3.57 Å². The van der Waals surface area contributed by atoms with Gasteiger partial charge in [0.25, 0.3) is 0 Å². The number of fused-ring (bicyclic) bond motifs is 1. The quantitative estimate of drug-likeness (QED) is 0.508. The number of hydrogen-bond acceptors (Lipinski definition) is 4. The van der Waals surface area contributed by atoms with Crippen LogP contribution in [0.15, 0.2) is 36.4 Å². The molecule has 3 nitrogen and oxygen atoms in total. The van der Waals surface area contributed by atoms with Gasteiger partial charge in [-0.3, -0.25) is 0 Å². The summed E-state index contributed by atoms with van der Waals surface area (Å²) in [7, 11) is 0. The van der Waals surface area contributed by atoms with Crippen LogP contribution in [0.1, 0.15) is 0 Å². The minimum absolute atomic E-state index is 0.268. The van der Waals surface area contributed by atoms with Crippen LogP contribution in [0.2, 0.25) is 0 Å². The SMILES string of the molecule is Nc1ccc(-c2nc3ccc(O)cc3s2)cc1[125I]. The molecule has 0 saturated heterocycles. The number of anilines is 1. The molecule has 0 aliphatic rings. The molecule has 0 amide bonds. The van der Waals surface area contributed by atoms with Gasteiger partial charge >= 0.3 is 0 Å². The lowest BCUT2D eigenvalue weighted by Gasteiger charge is -2.00. The Morgan fingerprint density at radius 3 is 2.78 bits per heavy atom.